The van der Waals surface area contributed by atoms with Crippen LogP contribution in [0.5, 0.6) is 0 Å². The monoisotopic (exact) mass is 729 g/mol. The third kappa shape index (κ3) is 4.66. The largest absolute Gasteiger partial charge is 0.307 e. The number of para-hydroxylation sites is 5. The highest BCUT2D eigenvalue weighted by Crippen LogP contribution is 2.42. The maximum absolute atomic E-state index is 5.45. The summed E-state index contributed by atoms with van der Waals surface area (Å²) in [5, 5.41) is 6.81. The number of hydrogen-bond acceptors (Lipinski definition) is 4. The number of fused-ring (bicyclic) bond motifs is 9. The smallest absolute Gasteiger partial charge is 0.162 e. The minimum atomic E-state index is 0.649. The van der Waals surface area contributed by atoms with Gasteiger partial charge in [-0.15, -0.1) is 0 Å². The normalized spacial score (nSPS) is 11.9. The fourth-order valence-electron chi connectivity index (χ4n) is 8.86. The molecule has 6 aromatic carbocycles. The highest BCUT2D eigenvalue weighted by Gasteiger charge is 2.24. The molecule has 0 aliphatic carbocycles. The summed E-state index contributed by atoms with van der Waals surface area (Å²) in [5.41, 5.74) is 11.2. The van der Waals surface area contributed by atoms with Crippen LogP contribution in [0.15, 0.2) is 189 Å². The Kier molecular flexibility index (Phi) is 6.79. The quantitative estimate of drug-likeness (QED) is 0.177. The molecule has 0 saturated heterocycles. The van der Waals surface area contributed by atoms with Crippen LogP contribution in [0.1, 0.15) is 0 Å². The minimum Gasteiger partial charge on any atom is -0.307 e. The fourth-order valence-corrected chi connectivity index (χ4v) is 8.86. The number of aromatic nitrogens is 7. The molecular formula is C50H31N7. The lowest BCUT2D eigenvalue weighted by atomic mass is 10.1. The maximum atomic E-state index is 5.45. The molecule has 7 nitrogen and oxygen atoms in total. The summed E-state index contributed by atoms with van der Waals surface area (Å²) in [7, 11) is 0. The topological polar surface area (TPSA) is 66.3 Å². The third-order valence-corrected chi connectivity index (χ3v) is 11.3. The maximum Gasteiger partial charge on any atom is 0.162 e. The van der Waals surface area contributed by atoms with Crippen molar-refractivity contribution >= 4 is 65.4 Å². The van der Waals surface area contributed by atoms with E-state index in [4.69, 9.17) is 9.97 Å². The van der Waals surface area contributed by atoms with Gasteiger partial charge in [0, 0.05) is 74.3 Å². The molecule has 0 spiro atoms. The standard InChI is InChI=1S/C50H31N7/c1-2-13-32(14-3-1)50-53-40(29-48(54-50)56-42-21-9-4-15-33(42)34-16-5-10-22-43(34)56)37-19-12-24-47(55-41-20-8-6-17-35(41)38-30-51-27-25-45(38)55)49(37)57-44-23-11-7-18-36(44)39-31-52-28-26-46(39)57/h1-31H. The molecule has 6 heterocycles. The molecular weight excluding hydrogens is 699 g/mol. The van der Waals surface area contributed by atoms with E-state index >= 15 is 0 Å². The summed E-state index contributed by atoms with van der Waals surface area (Å²) in [6.07, 6.45) is 7.70. The van der Waals surface area contributed by atoms with Crippen LogP contribution in [0.25, 0.3) is 105 Å². The SMILES string of the molecule is c1ccc(-c2nc(-c3cccc(-n4c5ccccc5c5cnccc54)c3-n3c4ccccc4c4cnccc43)cc(-n3c4ccccc4c4ccccc43)n2)cc1. The Morgan fingerprint density at radius 3 is 1.47 bits per heavy atom. The molecule has 12 rings (SSSR count). The van der Waals surface area contributed by atoms with E-state index in [2.05, 4.69) is 169 Å². The first-order chi connectivity index (χ1) is 28.3. The van der Waals surface area contributed by atoms with E-state index in [1.165, 1.54) is 10.8 Å². The molecule has 0 bridgehead atoms. The highest BCUT2D eigenvalue weighted by atomic mass is 15.1. The predicted molar refractivity (Wildman–Crippen MR) is 232 cm³/mol. The second-order valence-electron chi connectivity index (χ2n) is 14.3. The Morgan fingerprint density at radius 2 is 0.860 bits per heavy atom. The lowest BCUT2D eigenvalue weighted by molar-refractivity contribution is 1.04. The fraction of sp³-hybridized carbons (Fsp3) is 0. The third-order valence-electron chi connectivity index (χ3n) is 11.3. The van der Waals surface area contributed by atoms with Crippen LogP contribution in [0, 0.1) is 0 Å². The average Bonchev–Trinajstić information content (AvgIpc) is 3.92. The summed E-state index contributed by atoms with van der Waals surface area (Å²) in [4.78, 5) is 19.9. The Balaban J connectivity index is 1.25. The van der Waals surface area contributed by atoms with Gasteiger partial charge >= 0.3 is 0 Å². The molecule has 0 fully saturated rings. The zero-order valence-electron chi connectivity index (χ0n) is 30.5. The number of nitrogens with zero attached hydrogens (tertiary/aromatic N) is 7. The van der Waals surface area contributed by atoms with Crippen molar-refractivity contribution in [1.82, 2.24) is 33.6 Å². The van der Waals surface area contributed by atoms with Crippen LogP contribution < -0.4 is 0 Å². The molecule has 0 aliphatic rings. The number of hydrogen-bond donors (Lipinski definition) is 0. The van der Waals surface area contributed by atoms with Gasteiger partial charge < -0.3 is 9.13 Å². The van der Waals surface area contributed by atoms with Gasteiger partial charge in [-0.25, -0.2) is 9.97 Å². The van der Waals surface area contributed by atoms with Gasteiger partial charge in [-0.2, -0.15) is 0 Å². The van der Waals surface area contributed by atoms with Gasteiger partial charge in [0.15, 0.2) is 5.82 Å². The van der Waals surface area contributed by atoms with Crippen LogP contribution in [-0.2, 0) is 0 Å². The van der Waals surface area contributed by atoms with E-state index in [1.54, 1.807) is 0 Å². The molecule has 0 aliphatic heterocycles. The Bertz CT molecular complexity index is 3380. The highest BCUT2D eigenvalue weighted by molar-refractivity contribution is 6.12. The summed E-state index contributed by atoms with van der Waals surface area (Å²) in [6, 6.07) is 57.5. The summed E-state index contributed by atoms with van der Waals surface area (Å²) in [5.74, 6) is 1.44. The van der Waals surface area contributed by atoms with Gasteiger partial charge in [0.25, 0.3) is 0 Å². The van der Waals surface area contributed by atoms with Gasteiger partial charge in [-0.05, 0) is 42.5 Å². The van der Waals surface area contributed by atoms with E-state index < -0.39 is 0 Å². The van der Waals surface area contributed by atoms with E-state index in [-0.39, 0.29) is 0 Å². The van der Waals surface area contributed by atoms with Gasteiger partial charge in [0.2, 0.25) is 0 Å². The molecule has 266 valence electrons. The molecule has 57 heavy (non-hydrogen) atoms. The lowest BCUT2D eigenvalue weighted by Gasteiger charge is -2.21. The van der Waals surface area contributed by atoms with Gasteiger partial charge in [0.05, 0.1) is 50.2 Å². The van der Waals surface area contributed by atoms with E-state index in [9.17, 15) is 0 Å². The number of benzene rings is 6. The molecule has 0 amide bonds. The van der Waals surface area contributed by atoms with Crippen LogP contribution in [0.4, 0.5) is 0 Å². The predicted octanol–water partition coefficient (Wildman–Crippen LogP) is 11.9. The second-order valence-corrected chi connectivity index (χ2v) is 14.3. The van der Waals surface area contributed by atoms with Crippen LogP contribution in [-0.4, -0.2) is 33.6 Å². The van der Waals surface area contributed by atoms with Crippen LogP contribution >= 0.6 is 0 Å². The van der Waals surface area contributed by atoms with E-state index in [1.807, 2.05) is 43.0 Å². The number of pyridine rings is 2. The van der Waals surface area contributed by atoms with Gasteiger partial charge in [-0.3, -0.25) is 14.5 Å². The summed E-state index contributed by atoms with van der Waals surface area (Å²) in [6.45, 7) is 0. The van der Waals surface area contributed by atoms with Crippen molar-refractivity contribution in [3.8, 4) is 39.8 Å². The zero-order chi connectivity index (χ0) is 37.5. The molecule has 7 heteroatoms. The molecule has 0 saturated carbocycles. The van der Waals surface area contributed by atoms with Gasteiger partial charge in [0.1, 0.15) is 5.82 Å². The zero-order valence-corrected chi connectivity index (χ0v) is 30.5. The minimum absolute atomic E-state index is 0.649. The summed E-state index contributed by atoms with van der Waals surface area (Å²) < 4.78 is 7.04. The Morgan fingerprint density at radius 1 is 0.368 bits per heavy atom. The molecule has 0 radical (unpaired) electrons. The first-order valence-electron chi connectivity index (χ1n) is 19.1. The first kappa shape index (κ1) is 31.5. The molecule has 6 aromatic heterocycles. The van der Waals surface area contributed by atoms with E-state index in [0.29, 0.717) is 5.82 Å². The van der Waals surface area contributed by atoms with E-state index in [0.717, 1.165) is 88.7 Å². The van der Waals surface area contributed by atoms with Gasteiger partial charge in [-0.1, -0.05) is 115 Å². The van der Waals surface area contributed by atoms with Crippen LogP contribution in [0.3, 0.4) is 0 Å². The second kappa shape index (κ2) is 12.3. The molecule has 12 aromatic rings. The van der Waals surface area contributed by atoms with Crippen molar-refractivity contribution in [3.63, 3.8) is 0 Å². The van der Waals surface area contributed by atoms with Crippen molar-refractivity contribution in [1.29, 1.82) is 0 Å². The number of rotatable bonds is 5. The Labute approximate surface area is 326 Å². The van der Waals surface area contributed by atoms with Crippen molar-refractivity contribution in [2.24, 2.45) is 0 Å². The van der Waals surface area contributed by atoms with Crippen LogP contribution in [0.2, 0.25) is 0 Å². The molecule has 0 N–H and O–H groups in total. The Hall–Kier alpha value is -7.90. The molecule has 0 atom stereocenters. The summed E-state index contributed by atoms with van der Waals surface area (Å²) >= 11 is 0. The average molecular weight is 730 g/mol. The molecule has 0 unspecified atom stereocenters. The lowest BCUT2D eigenvalue weighted by Crippen LogP contribution is -2.07. The van der Waals surface area contributed by atoms with Crippen molar-refractivity contribution in [2.45, 2.75) is 0 Å². The van der Waals surface area contributed by atoms with Crippen molar-refractivity contribution in [3.05, 3.63) is 189 Å². The van der Waals surface area contributed by atoms with Crippen molar-refractivity contribution in [2.75, 3.05) is 0 Å². The first-order valence-corrected chi connectivity index (χ1v) is 19.1. The van der Waals surface area contributed by atoms with Crippen molar-refractivity contribution < 1.29 is 0 Å².